The van der Waals surface area contributed by atoms with Crippen molar-refractivity contribution in [2.75, 3.05) is 12.3 Å². The van der Waals surface area contributed by atoms with E-state index in [1.807, 2.05) is 25.1 Å². The van der Waals surface area contributed by atoms with Crippen LogP contribution in [0, 0.1) is 0 Å². The minimum absolute atomic E-state index is 0.229. The highest BCUT2D eigenvalue weighted by molar-refractivity contribution is 5.73. The molecule has 19 heavy (non-hydrogen) atoms. The maximum atomic E-state index is 6.00. The first-order chi connectivity index (χ1) is 9.04. The molecule has 0 saturated heterocycles. The number of allylic oxidation sites excluding steroid dienone is 1. The largest absolute Gasteiger partial charge is 0.493 e. The number of nitrogen functional groups attached to an aromatic ring is 1. The summed E-state index contributed by atoms with van der Waals surface area (Å²) in [6.07, 6.45) is 4.31. The summed E-state index contributed by atoms with van der Waals surface area (Å²) in [5.41, 5.74) is 14.6. The zero-order chi connectivity index (χ0) is 14.3. The van der Waals surface area contributed by atoms with Gasteiger partial charge in [-0.3, -0.25) is 0 Å². The minimum atomic E-state index is 0.229. The number of nitrogens with two attached hydrogens (primary N) is 2. The molecule has 1 unspecified atom stereocenters. The van der Waals surface area contributed by atoms with Crippen molar-refractivity contribution >= 4 is 11.3 Å². The highest BCUT2D eigenvalue weighted by atomic mass is 16.5. The molecule has 0 aliphatic rings. The predicted molar refractivity (Wildman–Crippen MR) is 83.2 cm³/mol. The molecule has 0 aliphatic heterocycles. The van der Waals surface area contributed by atoms with Gasteiger partial charge in [0.2, 0.25) is 0 Å². The average Bonchev–Trinajstić information content (AvgIpc) is 2.36. The summed E-state index contributed by atoms with van der Waals surface area (Å²) >= 11 is 0. The molecule has 0 amide bonds. The first-order valence-corrected chi connectivity index (χ1v) is 6.98. The summed E-state index contributed by atoms with van der Waals surface area (Å²) in [6, 6.07) is 5.95. The van der Waals surface area contributed by atoms with Crippen molar-refractivity contribution in [2.24, 2.45) is 5.73 Å². The fraction of sp³-hybridized carbons (Fsp3) is 0.500. The van der Waals surface area contributed by atoms with Crippen LogP contribution in [0.5, 0.6) is 5.75 Å². The van der Waals surface area contributed by atoms with Crippen LogP contribution in [-0.4, -0.2) is 12.6 Å². The van der Waals surface area contributed by atoms with Gasteiger partial charge in [-0.15, -0.1) is 0 Å². The van der Waals surface area contributed by atoms with Crippen LogP contribution in [0.25, 0.3) is 5.57 Å². The topological polar surface area (TPSA) is 61.3 Å². The van der Waals surface area contributed by atoms with Crippen molar-refractivity contribution in [3.8, 4) is 5.75 Å². The number of hydrogen-bond donors (Lipinski definition) is 2. The van der Waals surface area contributed by atoms with Crippen molar-refractivity contribution in [2.45, 2.75) is 45.6 Å². The first kappa shape index (κ1) is 15.6. The van der Waals surface area contributed by atoms with Crippen LogP contribution in [0.4, 0.5) is 5.69 Å². The van der Waals surface area contributed by atoms with Crippen molar-refractivity contribution < 1.29 is 4.74 Å². The van der Waals surface area contributed by atoms with Crippen molar-refractivity contribution in [1.82, 2.24) is 0 Å². The molecule has 1 rings (SSSR count). The van der Waals surface area contributed by atoms with Crippen LogP contribution in [0.3, 0.4) is 0 Å². The molecule has 4 N–H and O–H groups in total. The number of unbranched alkanes of at least 4 members (excludes halogenated alkanes) is 1. The van der Waals surface area contributed by atoms with E-state index < -0.39 is 0 Å². The maximum Gasteiger partial charge on any atom is 0.121 e. The van der Waals surface area contributed by atoms with E-state index in [9.17, 15) is 0 Å². The molecule has 0 radical (unpaired) electrons. The Morgan fingerprint density at radius 3 is 2.68 bits per heavy atom. The Labute approximate surface area is 116 Å². The maximum absolute atomic E-state index is 6.00. The number of rotatable bonds is 8. The minimum Gasteiger partial charge on any atom is -0.493 e. The molecule has 0 aromatic heterocycles. The number of ether oxygens (including phenoxy) is 1. The van der Waals surface area contributed by atoms with E-state index in [0.717, 1.165) is 29.7 Å². The molecule has 0 aliphatic carbocycles. The van der Waals surface area contributed by atoms with Gasteiger partial charge in [0.05, 0.1) is 6.61 Å². The molecule has 0 saturated carbocycles. The molecule has 3 heteroatoms. The average molecular weight is 262 g/mol. The second kappa shape index (κ2) is 7.85. The molecule has 0 fully saturated rings. The van der Waals surface area contributed by atoms with Gasteiger partial charge in [-0.05, 0) is 43.0 Å². The Balaban J connectivity index is 2.42. The van der Waals surface area contributed by atoms with Gasteiger partial charge in [0.25, 0.3) is 0 Å². The Kier molecular flexibility index (Phi) is 6.43. The van der Waals surface area contributed by atoms with Crippen molar-refractivity contribution in [3.05, 3.63) is 30.3 Å². The van der Waals surface area contributed by atoms with E-state index in [1.165, 1.54) is 12.8 Å². The smallest absolute Gasteiger partial charge is 0.121 e. The molecule has 1 aromatic carbocycles. The molecule has 0 bridgehead atoms. The SMILES string of the molecule is C=C(C)c1ccc(OCCC(N)CCCC)cc1N. The zero-order valence-electron chi connectivity index (χ0n) is 12.1. The van der Waals surface area contributed by atoms with Crippen molar-refractivity contribution in [1.29, 1.82) is 0 Å². The normalized spacial score (nSPS) is 12.2. The number of benzene rings is 1. The fourth-order valence-corrected chi connectivity index (χ4v) is 1.96. The lowest BCUT2D eigenvalue weighted by Gasteiger charge is -2.13. The van der Waals surface area contributed by atoms with Gasteiger partial charge < -0.3 is 16.2 Å². The van der Waals surface area contributed by atoms with Crippen molar-refractivity contribution in [3.63, 3.8) is 0 Å². The second-order valence-corrected chi connectivity index (χ2v) is 5.07. The summed E-state index contributed by atoms with van der Waals surface area (Å²) < 4.78 is 5.68. The van der Waals surface area contributed by atoms with Crippen LogP contribution in [0.2, 0.25) is 0 Å². The molecule has 1 aromatic rings. The summed E-state index contributed by atoms with van der Waals surface area (Å²) in [5.74, 6) is 0.796. The Bertz CT molecular complexity index is 415. The van der Waals surface area contributed by atoms with Gasteiger partial charge >= 0.3 is 0 Å². The predicted octanol–water partition coefficient (Wildman–Crippen LogP) is 3.59. The Morgan fingerprint density at radius 1 is 1.37 bits per heavy atom. The third kappa shape index (κ3) is 5.35. The van der Waals surface area contributed by atoms with E-state index in [-0.39, 0.29) is 6.04 Å². The summed E-state index contributed by atoms with van der Waals surface area (Å²) in [7, 11) is 0. The summed E-state index contributed by atoms with van der Waals surface area (Å²) in [4.78, 5) is 0. The van der Waals surface area contributed by atoms with Gasteiger partial charge in [0.15, 0.2) is 0 Å². The quantitative estimate of drug-likeness (QED) is 0.704. The third-order valence-electron chi connectivity index (χ3n) is 3.17. The van der Waals surface area contributed by atoms with E-state index in [2.05, 4.69) is 13.5 Å². The fourth-order valence-electron chi connectivity index (χ4n) is 1.96. The lowest BCUT2D eigenvalue weighted by molar-refractivity contribution is 0.293. The van der Waals surface area contributed by atoms with E-state index in [0.29, 0.717) is 12.3 Å². The van der Waals surface area contributed by atoms with E-state index in [4.69, 9.17) is 16.2 Å². The molecule has 1 atom stereocenters. The lowest BCUT2D eigenvalue weighted by atomic mass is 10.1. The van der Waals surface area contributed by atoms with Crippen LogP contribution >= 0.6 is 0 Å². The molecule has 0 heterocycles. The molecule has 106 valence electrons. The summed E-state index contributed by atoms with van der Waals surface area (Å²) in [6.45, 7) is 8.65. The lowest BCUT2D eigenvalue weighted by Crippen LogP contribution is -2.22. The van der Waals surface area contributed by atoms with Gasteiger partial charge in [0, 0.05) is 17.8 Å². The zero-order valence-corrected chi connectivity index (χ0v) is 12.1. The van der Waals surface area contributed by atoms with E-state index in [1.54, 1.807) is 0 Å². The highest BCUT2D eigenvalue weighted by Crippen LogP contribution is 2.24. The molecule has 3 nitrogen and oxygen atoms in total. The summed E-state index contributed by atoms with van der Waals surface area (Å²) in [5, 5.41) is 0. The third-order valence-corrected chi connectivity index (χ3v) is 3.17. The standard InChI is InChI=1S/C16H26N2O/c1-4-5-6-13(17)9-10-19-14-7-8-15(12(2)3)16(18)11-14/h7-8,11,13H,2,4-6,9-10,17-18H2,1,3H3. The first-order valence-electron chi connectivity index (χ1n) is 6.98. The molecule has 0 spiro atoms. The Morgan fingerprint density at radius 2 is 2.11 bits per heavy atom. The van der Waals surface area contributed by atoms with Crippen LogP contribution in [0.1, 0.15) is 45.1 Å². The van der Waals surface area contributed by atoms with Crippen LogP contribution < -0.4 is 16.2 Å². The number of hydrogen-bond acceptors (Lipinski definition) is 3. The highest BCUT2D eigenvalue weighted by Gasteiger charge is 2.04. The van der Waals surface area contributed by atoms with E-state index >= 15 is 0 Å². The second-order valence-electron chi connectivity index (χ2n) is 5.07. The van der Waals surface area contributed by atoms with Crippen LogP contribution in [-0.2, 0) is 0 Å². The number of anilines is 1. The van der Waals surface area contributed by atoms with Gasteiger partial charge in [-0.25, -0.2) is 0 Å². The van der Waals surface area contributed by atoms with Gasteiger partial charge in [0.1, 0.15) is 5.75 Å². The Hall–Kier alpha value is -1.48. The van der Waals surface area contributed by atoms with Gasteiger partial charge in [-0.2, -0.15) is 0 Å². The monoisotopic (exact) mass is 262 g/mol. The molecular weight excluding hydrogens is 236 g/mol. The molecular formula is C16H26N2O. The van der Waals surface area contributed by atoms with Gasteiger partial charge in [-0.1, -0.05) is 26.3 Å². The van der Waals surface area contributed by atoms with Crippen LogP contribution in [0.15, 0.2) is 24.8 Å².